The molecule has 1 rings (SSSR count). The molecule has 0 aliphatic heterocycles. The van der Waals surface area contributed by atoms with E-state index >= 15 is 0 Å². The Morgan fingerprint density at radius 2 is 2.25 bits per heavy atom. The summed E-state index contributed by atoms with van der Waals surface area (Å²) in [6.45, 7) is -0.584. The second kappa shape index (κ2) is 3.95. The third-order valence-electron chi connectivity index (χ3n) is 1.37. The van der Waals surface area contributed by atoms with E-state index in [1.165, 1.54) is 12.1 Å². The number of aliphatic hydroxyl groups excluding tert-OH is 1. The second-order valence-corrected chi connectivity index (χ2v) is 3.37. The molecule has 1 aromatic carbocycles. The quantitative estimate of drug-likeness (QED) is 0.660. The van der Waals surface area contributed by atoms with Gasteiger partial charge in [0.25, 0.3) is 0 Å². The van der Waals surface area contributed by atoms with Gasteiger partial charge in [-0.25, -0.2) is 4.39 Å². The van der Waals surface area contributed by atoms with Crippen LogP contribution in [0.3, 0.4) is 0 Å². The van der Waals surface area contributed by atoms with Crippen molar-refractivity contribution >= 4 is 28.4 Å². The number of rotatable bonds is 2. The van der Waals surface area contributed by atoms with Crippen LogP contribution in [0.15, 0.2) is 18.2 Å². The summed E-state index contributed by atoms with van der Waals surface area (Å²) < 4.78 is 13.3. The van der Waals surface area contributed by atoms with Crippen LogP contribution in [0.5, 0.6) is 0 Å². The fourth-order valence-electron chi connectivity index (χ4n) is 0.796. The molecule has 1 N–H and O–H groups in total. The molecule has 0 bridgehead atoms. The van der Waals surface area contributed by atoms with Crippen LogP contribution >= 0.6 is 22.6 Å². The maximum absolute atomic E-state index is 12.6. The molecule has 0 fully saturated rings. The minimum atomic E-state index is -0.584. The van der Waals surface area contributed by atoms with Crippen LogP contribution in [0.4, 0.5) is 4.39 Å². The summed E-state index contributed by atoms with van der Waals surface area (Å²) in [5.41, 5.74) is 0.234. The molecule has 64 valence electrons. The Labute approximate surface area is 82.5 Å². The Kier molecular flexibility index (Phi) is 3.16. The maximum Gasteiger partial charge on any atom is 0.189 e. The zero-order chi connectivity index (χ0) is 9.14. The summed E-state index contributed by atoms with van der Waals surface area (Å²) in [6, 6.07) is 3.90. The number of benzene rings is 1. The summed E-state index contributed by atoms with van der Waals surface area (Å²) in [4.78, 5) is 11.0. The highest BCUT2D eigenvalue weighted by molar-refractivity contribution is 14.1. The molecule has 4 heteroatoms. The monoisotopic (exact) mass is 280 g/mol. The molecule has 0 aromatic heterocycles. The normalized spacial score (nSPS) is 9.92. The number of hydrogen-bond donors (Lipinski definition) is 1. The lowest BCUT2D eigenvalue weighted by Crippen LogP contribution is -2.06. The predicted octanol–water partition coefficient (Wildman–Crippen LogP) is 1.61. The molecule has 0 saturated heterocycles. The van der Waals surface area contributed by atoms with Gasteiger partial charge in [-0.3, -0.25) is 4.79 Å². The molecule has 0 spiro atoms. The molecule has 0 saturated carbocycles. The van der Waals surface area contributed by atoms with Gasteiger partial charge in [0.15, 0.2) is 5.78 Å². The van der Waals surface area contributed by atoms with Crippen molar-refractivity contribution in [3.63, 3.8) is 0 Å². The minimum absolute atomic E-state index is 0.234. The summed E-state index contributed by atoms with van der Waals surface area (Å²) in [5.74, 6) is -0.925. The van der Waals surface area contributed by atoms with Gasteiger partial charge < -0.3 is 5.11 Å². The van der Waals surface area contributed by atoms with Crippen LogP contribution in [-0.2, 0) is 0 Å². The Hall–Kier alpha value is -0.490. The van der Waals surface area contributed by atoms with E-state index in [0.29, 0.717) is 3.57 Å². The second-order valence-electron chi connectivity index (χ2n) is 2.21. The summed E-state index contributed by atoms with van der Waals surface area (Å²) in [6.07, 6.45) is 0. The lowest BCUT2D eigenvalue weighted by Gasteiger charge is -2.00. The van der Waals surface area contributed by atoms with E-state index in [-0.39, 0.29) is 5.56 Å². The topological polar surface area (TPSA) is 37.3 Å². The molecular weight excluding hydrogens is 274 g/mol. The number of carbonyl (C=O) groups excluding carboxylic acids is 1. The van der Waals surface area contributed by atoms with Gasteiger partial charge in [0.05, 0.1) is 0 Å². The molecular formula is C8H6FIO2. The number of hydrogen-bond acceptors (Lipinski definition) is 2. The van der Waals surface area contributed by atoms with E-state index in [0.717, 1.165) is 6.07 Å². The molecule has 0 amide bonds. The first-order chi connectivity index (χ1) is 5.65. The van der Waals surface area contributed by atoms with Crippen molar-refractivity contribution in [2.45, 2.75) is 0 Å². The molecule has 0 atom stereocenters. The van der Waals surface area contributed by atoms with Gasteiger partial charge in [0.1, 0.15) is 12.4 Å². The molecule has 0 aliphatic carbocycles. The molecule has 0 unspecified atom stereocenters. The number of aliphatic hydroxyl groups is 1. The van der Waals surface area contributed by atoms with E-state index in [2.05, 4.69) is 0 Å². The van der Waals surface area contributed by atoms with Crippen LogP contribution in [0, 0.1) is 9.39 Å². The lowest BCUT2D eigenvalue weighted by atomic mass is 10.1. The minimum Gasteiger partial charge on any atom is -0.388 e. The highest BCUT2D eigenvalue weighted by atomic mass is 127. The SMILES string of the molecule is O=C(CO)c1cc(F)ccc1I. The van der Waals surface area contributed by atoms with Crippen LogP contribution in [0.2, 0.25) is 0 Å². The molecule has 0 heterocycles. The largest absolute Gasteiger partial charge is 0.388 e. The summed E-state index contributed by atoms with van der Waals surface area (Å²) in [7, 11) is 0. The molecule has 0 radical (unpaired) electrons. The fourth-order valence-corrected chi connectivity index (χ4v) is 1.43. The number of carbonyl (C=O) groups is 1. The summed E-state index contributed by atoms with van der Waals surface area (Å²) in [5, 5.41) is 8.53. The van der Waals surface area contributed by atoms with Crippen LogP contribution in [0.25, 0.3) is 0 Å². The average molecular weight is 280 g/mol. The van der Waals surface area contributed by atoms with Crippen molar-refractivity contribution in [3.8, 4) is 0 Å². The first kappa shape index (κ1) is 9.60. The Balaban J connectivity index is 3.13. The third-order valence-corrected chi connectivity index (χ3v) is 2.31. The van der Waals surface area contributed by atoms with Gasteiger partial charge in [0, 0.05) is 9.13 Å². The van der Waals surface area contributed by atoms with E-state index in [1.807, 2.05) is 22.6 Å². The van der Waals surface area contributed by atoms with Crippen LogP contribution < -0.4 is 0 Å². The first-order valence-electron chi connectivity index (χ1n) is 3.24. The number of ketones is 1. The Bertz CT molecular complexity index is 312. The fraction of sp³-hybridized carbons (Fsp3) is 0.125. The van der Waals surface area contributed by atoms with Crippen LogP contribution in [-0.4, -0.2) is 17.5 Å². The molecule has 2 nitrogen and oxygen atoms in total. The zero-order valence-corrected chi connectivity index (χ0v) is 8.21. The molecule has 12 heavy (non-hydrogen) atoms. The van der Waals surface area contributed by atoms with Gasteiger partial charge in [-0.15, -0.1) is 0 Å². The van der Waals surface area contributed by atoms with Crippen molar-refractivity contribution in [3.05, 3.63) is 33.1 Å². The van der Waals surface area contributed by atoms with Gasteiger partial charge in [-0.2, -0.15) is 0 Å². The molecule has 0 aliphatic rings. The van der Waals surface area contributed by atoms with E-state index < -0.39 is 18.2 Å². The molecule has 1 aromatic rings. The van der Waals surface area contributed by atoms with Gasteiger partial charge in [0.2, 0.25) is 0 Å². The third kappa shape index (κ3) is 2.01. The highest BCUT2D eigenvalue weighted by Crippen LogP contribution is 2.13. The Morgan fingerprint density at radius 1 is 1.58 bits per heavy atom. The smallest absolute Gasteiger partial charge is 0.189 e. The van der Waals surface area contributed by atoms with Crippen molar-refractivity contribution in [1.82, 2.24) is 0 Å². The maximum atomic E-state index is 12.6. The Morgan fingerprint density at radius 3 is 2.83 bits per heavy atom. The summed E-state index contributed by atoms with van der Waals surface area (Å²) >= 11 is 1.92. The number of Topliss-reactive ketones (excluding diaryl/α,β-unsaturated/α-hetero) is 1. The van der Waals surface area contributed by atoms with Gasteiger partial charge in [-0.1, -0.05) is 0 Å². The van der Waals surface area contributed by atoms with E-state index in [9.17, 15) is 9.18 Å². The standard InChI is InChI=1S/C8H6FIO2/c9-5-1-2-7(10)6(3-5)8(12)4-11/h1-3,11H,4H2. The van der Waals surface area contributed by atoms with Crippen molar-refractivity contribution in [1.29, 1.82) is 0 Å². The van der Waals surface area contributed by atoms with Crippen LogP contribution in [0.1, 0.15) is 10.4 Å². The van der Waals surface area contributed by atoms with Crippen molar-refractivity contribution in [2.24, 2.45) is 0 Å². The van der Waals surface area contributed by atoms with Gasteiger partial charge in [-0.05, 0) is 40.8 Å². The average Bonchev–Trinajstić information content (AvgIpc) is 2.08. The highest BCUT2D eigenvalue weighted by Gasteiger charge is 2.08. The number of halogens is 2. The zero-order valence-electron chi connectivity index (χ0n) is 6.05. The first-order valence-corrected chi connectivity index (χ1v) is 4.32. The van der Waals surface area contributed by atoms with E-state index in [4.69, 9.17) is 5.11 Å². The van der Waals surface area contributed by atoms with E-state index in [1.54, 1.807) is 0 Å². The van der Waals surface area contributed by atoms with Gasteiger partial charge >= 0.3 is 0 Å². The van der Waals surface area contributed by atoms with Crippen molar-refractivity contribution < 1.29 is 14.3 Å². The van der Waals surface area contributed by atoms with Crippen molar-refractivity contribution in [2.75, 3.05) is 6.61 Å². The predicted molar refractivity (Wildman–Crippen MR) is 50.5 cm³/mol. The lowest BCUT2D eigenvalue weighted by molar-refractivity contribution is 0.0902.